The molecule has 0 spiro atoms. The van der Waals surface area contributed by atoms with Crippen molar-refractivity contribution in [2.45, 2.75) is 12.5 Å². The van der Waals surface area contributed by atoms with E-state index in [2.05, 4.69) is 34.5 Å². The van der Waals surface area contributed by atoms with Crippen LogP contribution in [-0.4, -0.2) is 43.7 Å². The molecule has 23 heavy (non-hydrogen) atoms. The molecule has 120 valence electrons. The third kappa shape index (κ3) is 3.09. The van der Waals surface area contributed by atoms with Gasteiger partial charge in [-0.1, -0.05) is 48.0 Å². The first-order valence-corrected chi connectivity index (χ1v) is 8.65. The molecule has 2 aliphatic heterocycles. The zero-order valence-electron chi connectivity index (χ0n) is 13.1. The van der Waals surface area contributed by atoms with Gasteiger partial charge in [0, 0.05) is 55.3 Å². The van der Waals surface area contributed by atoms with Crippen molar-refractivity contribution in [3.63, 3.8) is 0 Å². The van der Waals surface area contributed by atoms with Gasteiger partial charge < -0.3 is 10.1 Å². The maximum atomic E-state index is 6.38. The van der Waals surface area contributed by atoms with Crippen LogP contribution < -0.4 is 10.1 Å². The van der Waals surface area contributed by atoms with Crippen molar-refractivity contribution >= 4 is 11.6 Å². The monoisotopic (exact) mass is 328 g/mol. The van der Waals surface area contributed by atoms with E-state index in [1.807, 2.05) is 18.2 Å². The number of benzene rings is 2. The van der Waals surface area contributed by atoms with Crippen LogP contribution >= 0.6 is 11.6 Å². The van der Waals surface area contributed by atoms with Crippen molar-refractivity contribution in [1.82, 2.24) is 10.2 Å². The van der Waals surface area contributed by atoms with Crippen LogP contribution in [0.2, 0.25) is 5.02 Å². The molecule has 1 atom stereocenters. The Balaban J connectivity index is 1.57. The molecule has 0 unspecified atom stereocenters. The van der Waals surface area contributed by atoms with Crippen molar-refractivity contribution in [2.75, 3.05) is 32.7 Å². The van der Waals surface area contributed by atoms with Gasteiger partial charge in [0.15, 0.2) is 0 Å². The fraction of sp³-hybridized carbons (Fsp3) is 0.368. The highest BCUT2D eigenvalue weighted by Crippen LogP contribution is 2.41. The minimum atomic E-state index is 0.242. The molecule has 2 aromatic rings. The van der Waals surface area contributed by atoms with Crippen molar-refractivity contribution in [1.29, 1.82) is 0 Å². The average Bonchev–Trinajstić information content (AvgIpc) is 2.99. The minimum absolute atomic E-state index is 0.242. The molecule has 0 bridgehead atoms. The summed E-state index contributed by atoms with van der Waals surface area (Å²) < 4.78 is 6.33. The Kier molecular flexibility index (Phi) is 4.25. The lowest BCUT2D eigenvalue weighted by molar-refractivity contribution is 0.140. The van der Waals surface area contributed by atoms with Gasteiger partial charge in [0.2, 0.25) is 0 Å². The predicted octanol–water partition coefficient (Wildman–Crippen LogP) is 3.22. The van der Waals surface area contributed by atoms with Crippen LogP contribution in [0.4, 0.5) is 0 Å². The van der Waals surface area contributed by atoms with Gasteiger partial charge in [-0.25, -0.2) is 0 Å². The number of nitrogens with one attached hydrogen (secondary N) is 1. The summed E-state index contributed by atoms with van der Waals surface area (Å²) >= 11 is 6.38. The van der Waals surface area contributed by atoms with Crippen LogP contribution in [0.25, 0.3) is 11.1 Å². The number of hydrogen-bond donors (Lipinski definition) is 1. The zero-order valence-corrected chi connectivity index (χ0v) is 13.9. The summed E-state index contributed by atoms with van der Waals surface area (Å²) in [6, 6.07) is 14.4. The maximum absolute atomic E-state index is 6.38. The first-order chi connectivity index (χ1) is 11.3. The van der Waals surface area contributed by atoms with Gasteiger partial charge in [-0.2, -0.15) is 0 Å². The SMILES string of the molecule is Clc1ccccc1-c1cccc2c1O[C@@H](CN1CCNCC1)C2. The molecule has 4 rings (SSSR count). The number of hydrogen-bond acceptors (Lipinski definition) is 3. The van der Waals surface area contributed by atoms with Crippen molar-refractivity contribution in [3.05, 3.63) is 53.1 Å². The average molecular weight is 329 g/mol. The molecule has 0 saturated carbocycles. The van der Waals surface area contributed by atoms with Crippen molar-refractivity contribution in [3.8, 4) is 16.9 Å². The van der Waals surface area contributed by atoms with Gasteiger partial charge in [0.25, 0.3) is 0 Å². The van der Waals surface area contributed by atoms with Crippen LogP contribution in [0.1, 0.15) is 5.56 Å². The highest BCUT2D eigenvalue weighted by Gasteiger charge is 2.28. The molecule has 3 nitrogen and oxygen atoms in total. The second-order valence-corrected chi connectivity index (χ2v) is 6.68. The number of para-hydroxylation sites is 1. The van der Waals surface area contributed by atoms with Gasteiger partial charge in [0.05, 0.1) is 0 Å². The Bertz CT molecular complexity index is 698. The Morgan fingerprint density at radius 1 is 1.04 bits per heavy atom. The third-order valence-electron chi connectivity index (χ3n) is 4.66. The first-order valence-electron chi connectivity index (χ1n) is 8.28. The molecule has 0 aromatic heterocycles. The molecule has 4 heteroatoms. The van der Waals surface area contributed by atoms with Crippen LogP contribution in [0, 0.1) is 0 Å². The lowest BCUT2D eigenvalue weighted by atomic mass is 10.0. The molecule has 0 aliphatic carbocycles. The number of rotatable bonds is 3. The third-order valence-corrected chi connectivity index (χ3v) is 4.99. The molecule has 1 fully saturated rings. The number of halogens is 1. The lowest BCUT2D eigenvalue weighted by Gasteiger charge is -2.29. The van der Waals surface area contributed by atoms with E-state index in [4.69, 9.17) is 16.3 Å². The van der Waals surface area contributed by atoms with Crippen LogP contribution in [0.5, 0.6) is 5.75 Å². The normalized spacial score (nSPS) is 21.0. The largest absolute Gasteiger partial charge is 0.488 e. The molecular formula is C19H21ClN2O. The summed E-state index contributed by atoms with van der Waals surface area (Å²) in [5.74, 6) is 1.01. The molecule has 1 N–H and O–H groups in total. The molecule has 0 amide bonds. The second-order valence-electron chi connectivity index (χ2n) is 6.27. The summed E-state index contributed by atoms with van der Waals surface area (Å²) in [5, 5.41) is 4.17. The quantitative estimate of drug-likeness (QED) is 0.936. The molecule has 0 radical (unpaired) electrons. The lowest BCUT2D eigenvalue weighted by Crippen LogP contribution is -2.47. The van der Waals surface area contributed by atoms with Gasteiger partial charge in [-0.05, 0) is 11.6 Å². The van der Waals surface area contributed by atoms with E-state index >= 15 is 0 Å². The first kappa shape index (κ1) is 15.0. The Labute approximate surface area is 142 Å². The van der Waals surface area contributed by atoms with Gasteiger partial charge in [0.1, 0.15) is 11.9 Å². The van der Waals surface area contributed by atoms with E-state index in [0.717, 1.165) is 61.0 Å². The van der Waals surface area contributed by atoms with E-state index in [1.165, 1.54) is 5.56 Å². The zero-order chi connectivity index (χ0) is 15.6. The summed E-state index contributed by atoms with van der Waals surface area (Å²) in [5.41, 5.74) is 3.45. The van der Waals surface area contributed by atoms with E-state index in [-0.39, 0.29) is 6.10 Å². The molecule has 2 heterocycles. The van der Waals surface area contributed by atoms with Gasteiger partial charge in [-0.15, -0.1) is 0 Å². The fourth-order valence-electron chi connectivity index (χ4n) is 3.51. The predicted molar refractivity (Wildman–Crippen MR) is 94.3 cm³/mol. The van der Waals surface area contributed by atoms with Crippen molar-refractivity contribution in [2.24, 2.45) is 0 Å². The Morgan fingerprint density at radius 2 is 1.83 bits per heavy atom. The number of nitrogens with zero attached hydrogens (tertiary/aromatic N) is 1. The summed E-state index contributed by atoms with van der Waals surface area (Å²) in [4.78, 5) is 2.49. The molecule has 2 aromatic carbocycles. The Morgan fingerprint density at radius 3 is 2.65 bits per heavy atom. The van der Waals surface area contributed by atoms with E-state index < -0.39 is 0 Å². The topological polar surface area (TPSA) is 24.5 Å². The molecule has 1 saturated heterocycles. The van der Waals surface area contributed by atoms with E-state index in [9.17, 15) is 0 Å². The minimum Gasteiger partial charge on any atom is -0.488 e. The number of ether oxygens (including phenoxy) is 1. The Hall–Kier alpha value is -1.55. The number of piperazine rings is 1. The summed E-state index contributed by atoms with van der Waals surface area (Å²) in [7, 11) is 0. The molecule has 2 aliphatic rings. The van der Waals surface area contributed by atoms with E-state index in [1.54, 1.807) is 0 Å². The summed E-state index contributed by atoms with van der Waals surface area (Å²) in [6.45, 7) is 5.36. The fourth-order valence-corrected chi connectivity index (χ4v) is 3.75. The molecular weight excluding hydrogens is 308 g/mol. The van der Waals surface area contributed by atoms with Crippen LogP contribution in [-0.2, 0) is 6.42 Å². The van der Waals surface area contributed by atoms with Crippen LogP contribution in [0.3, 0.4) is 0 Å². The summed E-state index contributed by atoms with van der Waals surface area (Å²) in [6.07, 6.45) is 1.23. The van der Waals surface area contributed by atoms with Crippen molar-refractivity contribution < 1.29 is 4.74 Å². The van der Waals surface area contributed by atoms with Gasteiger partial charge >= 0.3 is 0 Å². The highest BCUT2D eigenvalue weighted by atomic mass is 35.5. The highest BCUT2D eigenvalue weighted by molar-refractivity contribution is 6.33. The van der Waals surface area contributed by atoms with Gasteiger partial charge in [-0.3, -0.25) is 4.90 Å². The van der Waals surface area contributed by atoms with E-state index in [0.29, 0.717) is 0 Å². The second kappa shape index (κ2) is 6.52. The number of fused-ring (bicyclic) bond motifs is 1. The van der Waals surface area contributed by atoms with Crippen LogP contribution in [0.15, 0.2) is 42.5 Å². The smallest absolute Gasteiger partial charge is 0.131 e. The standard InChI is InChI=1S/C19H21ClN2O/c20-18-7-2-1-5-16(18)17-6-3-4-14-12-15(23-19(14)17)13-22-10-8-21-9-11-22/h1-7,15,21H,8-13H2/t15-/m1/s1. The maximum Gasteiger partial charge on any atom is 0.131 e.